The lowest BCUT2D eigenvalue weighted by Gasteiger charge is -2.73. The van der Waals surface area contributed by atoms with Crippen molar-refractivity contribution in [2.75, 3.05) is 14.1 Å². The van der Waals surface area contributed by atoms with E-state index >= 15 is 0 Å². The fourth-order valence-electron chi connectivity index (χ4n) is 15.0. The summed E-state index contributed by atoms with van der Waals surface area (Å²) in [5, 5.41) is 12.9. The Bertz CT molecular complexity index is 1420. The van der Waals surface area contributed by atoms with Crippen LogP contribution in [-0.2, 0) is 19.1 Å². The van der Waals surface area contributed by atoms with Crippen molar-refractivity contribution in [2.24, 2.45) is 62.1 Å². The highest BCUT2D eigenvalue weighted by Gasteiger charge is 2.71. The Hall–Kier alpha value is -1.89. The number of allylic oxidation sites excluding steroid dienone is 1. The lowest BCUT2D eigenvalue weighted by molar-refractivity contribution is -0.250. The Kier molecular flexibility index (Phi) is 10.5. The van der Waals surface area contributed by atoms with E-state index in [1.165, 1.54) is 44.1 Å². The number of carboxylic acid groups (broad SMARTS) is 1. The van der Waals surface area contributed by atoms with Crippen LogP contribution < -0.4 is 5.32 Å². The number of nitrogens with one attached hydrogen (secondary N) is 1. The highest BCUT2D eigenvalue weighted by atomic mass is 16.5. The zero-order chi connectivity index (χ0) is 38.2. The van der Waals surface area contributed by atoms with Crippen molar-refractivity contribution in [2.45, 2.75) is 176 Å². The van der Waals surface area contributed by atoms with E-state index in [1.807, 2.05) is 13.8 Å². The van der Waals surface area contributed by atoms with Crippen LogP contribution in [0, 0.1) is 62.1 Å². The number of fused-ring (bicyclic) bond motifs is 7. The van der Waals surface area contributed by atoms with Crippen LogP contribution in [0.15, 0.2) is 12.2 Å². The molecule has 0 bridgehead atoms. The van der Waals surface area contributed by atoms with E-state index in [0.29, 0.717) is 54.0 Å². The van der Waals surface area contributed by atoms with Crippen molar-refractivity contribution in [3.8, 4) is 0 Å². The summed E-state index contributed by atoms with van der Waals surface area (Å²) in [5.74, 6) is 1.84. The Morgan fingerprint density at radius 3 is 2.19 bits per heavy atom. The minimum atomic E-state index is -0.879. The van der Waals surface area contributed by atoms with Crippen LogP contribution >= 0.6 is 0 Å². The van der Waals surface area contributed by atoms with E-state index in [1.54, 1.807) is 0 Å². The number of hydrogen-bond acceptors (Lipinski definition) is 5. The lowest BCUT2D eigenvalue weighted by Crippen LogP contribution is -2.67. The minimum absolute atomic E-state index is 0.0446. The minimum Gasteiger partial charge on any atom is -0.481 e. The predicted molar refractivity (Wildman–Crippen MR) is 207 cm³/mol. The van der Waals surface area contributed by atoms with Crippen LogP contribution in [0.4, 0.5) is 0 Å². The molecule has 0 aromatic carbocycles. The first-order valence-electron chi connectivity index (χ1n) is 21.1. The average molecular weight is 723 g/mol. The molecule has 12 atom stereocenters. The molecular formula is C45H74N2O5. The van der Waals surface area contributed by atoms with E-state index in [9.17, 15) is 19.5 Å². The SMILES string of the molecule is C=C(C)[C@@H]1CC[C@]2(CC(=O)N[C@H]3CCC(N(C)C)C3)CC[C@]3(C)[C@H](CC[C@@H]4[C@@]5(C)CC[C@H](OC(=O)CC(C)(C)CC(=O)O)C(C)(C)[C@@H]5CC[C@]43C)[C@@H]12. The first-order chi connectivity index (χ1) is 24.1. The van der Waals surface area contributed by atoms with E-state index in [-0.39, 0.29) is 52.0 Å². The summed E-state index contributed by atoms with van der Waals surface area (Å²) in [7, 11) is 4.32. The Morgan fingerprint density at radius 2 is 1.56 bits per heavy atom. The number of nitrogens with zero attached hydrogens (tertiary/aromatic N) is 1. The molecule has 6 aliphatic carbocycles. The molecule has 2 N–H and O–H groups in total. The van der Waals surface area contributed by atoms with E-state index in [4.69, 9.17) is 4.74 Å². The number of esters is 1. The maximum Gasteiger partial charge on any atom is 0.306 e. The molecule has 0 heterocycles. The number of hydrogen-bond donors (Lipinski definition) is 2. The summed E-state index contributed by atoms with van der Waals surface area (Å²) in [6.45, 7) is 23.1. The molecule has 1 unspecified atom stereocenters. The van der Waals surface area contributed by atoms with Gasteiger partial charge in [0.05, 0.1) is 12.8 Å². The van der Waals surface area contributed by atoms with Crippen LogP contribution in [0.3, 0.4) is 0 Å². The van der Waals surface area contributed by atoms with E-state index in [0.717, 1.165) is 44.9 Å². The van der Waals surface area contributed by atoms with Gasteiger partial charge < -0.3 is 20.1 Å². The number of rotatable bonds is 10. The van der Waals surface area contributed by atoms with Gasteiger partial charge in [0.25, 0.3) is 0 Å². The van der Waals surface area contributed by atoms with E-state index in [2.05, 4.69) is 72.4 Å². The molecule has 0 aliphatic heterocycles. The second-order valence-corrected chi connectivity index (χ2v) is 21.7. The van der Waals surface area contributed by atoms with Gasteiger partial charge in [0, 0.05) is 23.9 Å². The molecular weight excluding hydrogens is 649 g/mol. The first-order valence-corrected chi connectivity index (χ1v) is 21.1. The van der Waals surface area contributed by atoms with Crippen LogP contribution in [0.5, 0.6) is 0 Å². The summed E-state index contributed by atoms with van der Waals surface area (Å²) in [5.41, 5.74) is 1.20. The third-order valence-corrected chi connectivity index (χ3v) is 17.7. The van der Waals surface area contributed by atoms with Crippen molar-refractivity contribution in [3.63, 3.8) is 0 Å². The van der Waals surface area contributed by atoms with Gasteiger partial charge in [-0.15, -0.1) is 0 Å². The van der Waals surface area contributed by atoms with Crippen LogP contribution in [0.25, 0.3) is 0 Å². The summed E-state index contributed by atoms with van der Waals surface area (Å²) in [4.78, 5) is 40.9. The maximum absolute atomic E-state index is 14.0. The Labute approximate surface area is 316 Å². The number of carbonyl (C=O) groups excluding carboxylic acids is 2. The molecule has 0 aromatic heterocycles. The maximum atomic E-state index is 14.0. The fraction of sp³-hybridized carbons (Fsp3) is 0.889. The standard InChI is InChI=1S/C45H74N2O5/c1-28(2)31-16-21-45(25-36(48)46-29-12-13-30(24-29)47(10)11)23-22-43(8)32(39(31)45)14-15-34-42(7)19-18-35(41(5,6)33(42)17-20-44(34,43)9)52-38(51)27-40(3,4)26-37(49)50/h29-35,39H,1,12-27H2,2-11H3,(H,46,48)(H,49,50)/t29-,30?,31-,32+,33-,34+,35-,39+,42-,43+,44+,45+/m0/s1. The van der Waals surface area contributed by atoms with Gasteiger partial charge in [0.15, 0.2) is 0 Å². The second kappa shape index (κ2) is 13.7. The van der Waals surface area contributed by atoms with Gasteiger partial charge in [0.2, 0.25) is 5.91 Å². The Morgan fingerprint density at radius 1 is 0.846 bits per heavy atom. The molecule has 294 valence electrons. The smallest absolute Gasteiger partial charge is 0.306 e. The highest BCUT2D eigenvalue weighted by Crippen LogP contribution is 2.78. The molecule has 0 spiro atoms. The first kappa shape index (κ1) is 39.8. The van der Waals surface area contributed by atoms with E-state index < -0.39 is 11.4 Å². The molecule has 0 aromatic rings. The molecule has 7 heteroatoms. The second-order valence-electron chi connectivity index (χ2n) is 21.7. The normalized spacial score (nSPS) is 43.8. The monoisotopic (exact) mass is 723 g/mol. The van der Waals surface area contributed by atoms with Crippen LogP contribution in [0.2, 0.25) is 0 Å². The van der Waals surface area contributed by atoms with Gasteiger partial charge in [-0.3, -0.25) is 14.4 Å². The van der Waals surface area contributed by atoms with Crippen LogP contribution in [-0.4, -0.2) is 60.1 Å². The zero-order valence-electron chi connectivity index (χ0n) is 34.7. The van der Waals surface area contributed by atoms with Crippen LogP contribution in [0.1, 0.15) is 158 Å². The molecule has 0 saturated heterocycles. The molecule has 1 amide bonds. The Balaban J connectivity index is 1.20. The van der Waals surface area contributed by atoms with Crippen molar-refractivity contribution in [3.05, 3.63) is 12.2 Å². The molecule has 0 radical (unpaired) electrons. The third-order valence-electron chi connectivity index (χ3n) is 17.7. The summed E-state index contributed by atoms with van der Waals surface area (Å²) >= 11 is 0. The van der Waals surface area contributed by atoms with Gasteiger partial charge in [-0.25, -0.2) is 0 Å². The largest absolute Gasteiger partial charge is 0.481 e. The number of carbonyl (C=O) groups is 3. The van der Waals surface area contributed by atoms with Crippen molar-refractivity contribution in [1.82, 2.24) is 10.2 Å². The van der Waals surface area contributed by atoms with Gasteiger partial charge in [-0.2, -0.15) is 0 Å². The van der Waals surface area contributed by atoms with Gasteiger partial charge in [0.1, 0.15) is 6.10 Å². The molecule has 7 nitrogen and oxygen atoms in total. The number of ether oxygens (including phenoxy) is 1. The third kappa shape index (κ3) is 6.61. The number of amides is 1. The summed E-state index contributed by atoms with van der Waals surface area (Å²) in [6.07, 6.45) is 15.4. The van der Waals surface area contributed by atoms with Crippen molar-refractivity contribution in [1.29, 1.82) is 0 Å². The zero-order valence-corrected chi connectivity index (χ0v) is 34.7. The lowest BCUT2D eigenvalue weighted by atomic mass is 9.32. The average Bonchev–Trinajstić information content (AvgIpc) is 3.63. The highest BCUT2D eigenvalue weighted by molar-refractivity contribution is 5.77. The van der Waals surface area contributed by atoms with Gasteiger partial charge in [-0.1, -0.05) is 60.6 Å². The molecule has 6 saturated carbocycles. The van der Waals surface area contributed by atoms with Crippen molar-refractivity contribution >= 4 is 17.8 Å². The van der Waals surface area contributed by atoms with Gasteiger partial charge in [-0.05, 0) is 161 Å². The number of aliphatic carboxylic acids is 1. The molecule has 52 heavy (non-hydrogen) atoms. The fourth-order valence-corrected chi connectivity index (χ4v) is 15.0. The topological polar surface area (TPSA) is 95.9 Å². The summed E-state index contributed by atoms with van der Waals surface area (Å²) in [6, 6.07) is 0.871. The quantitative estimate of drug-likeness (QED) is 0.172. The summed E-state index contributed by atoms with van der Waals surface area (Å²) < 4.78 is 6.29. The van der Waals surface area contributed by atoms with Crippen molar-refractivity contribution < 1.29 is 24.2 Å². The predicted octanol–water partition coefficient (Wildman–Crippen LogP) is 9.44. The number of carboxylic acids is 1. The van der Waals surface area contributed by atoms with Gasteiger partial charge >= 0.3 is 11.9 Å². The molecule has 6 aliphatic rings. The molecule has 6 fully saturated rings. The molecule has 6 rings (SSSR count).